The van der Waals surface area contributed by atoms with E-state index in [2.05, 4.69) is 5.32 Å². The maximum Gasteiger partial charge on any atom is 0.528 e. The number of urea groups is 1. The van der Waals surface area contributed by atoms with Crippen molar-refractivity contribution in [3.8, 4) is 5.75 Å². The van der Waals surface area contributed by atoms with Crippen LogP contribution < -0.4 is 15.0 Å². The number of amides is 3. The van der Waals surface area contributed by atoms with Gasteiger partial charge in [-0.1, -0.05) is 6.07 Å². The number of nitrogens with one attached hydrogen (secondary N) is 1. The third-order valence-corrected chi connectivity index (χ3v) is 8.17. The molecule has 3 aromatic rings. The fourth-order valence-electron chi connectivity index (χ4n) is 5.55. The van der Waals surface area contributed by atoms with Gasteiger partial charge in [0.05, 0.1) is 17.8 Å². The molecule has 0 aliphatic carbocycles. The number of ether oxygens (including phenoxy) is 2. The van der Waals surface area contributed by atoms with Crippen molar-refractivity contribution in [2.24, 2.45) is 0 Å². The van der Waals surface area contributed by atoms with Gasteiger partial charge in [0.1, 0.15) is 34.6 Å². The lowest BCUT2D eigenvalue weighted by Gasteiger charge is -2.31. The molecule has 3 aromatic carbocycles. The van der Waals surface area contributed by atoms with Crippen molar-refractivity contribution >= 4 is 35.2 Å². The van der Waals surface area contributed by atoms with Gasteiger partial charge in [0, 0.05) is 37.3 Å². The summed E-state index contributed by atoms with van der Waals surface area (Å²) in [7, 11) is 0. The van der Waals surface area contributed by atoms with Gasteiger partial charge in [-0.05, 0) is 94.8 Å². The molecule has 268 valence electrons. The number of piperidine rings is 1. The Hall–Kier alpha value is -4.92. The number of nitrogens with zero attached hydrogens (tertiary/aromatic N) is 3. The van der Waals surface area contributed by atoms with E-state index in [1.165, 1.54) is 37.1 Å². The predicted molar refractivity (Wildman–Crippen MR) is 173 cm³/mol. The van der Waals surface area contributed by atoms with Gasteiger partial charge in [0.2, 0.25) is 0 Å². The quantitative estimate of drug-likeness (QED) is 0.142. The highest BCUT2D eigenvalue weighted by molar-refractivity contribution is 6.23. The average molecular weight is 705 g/mol. The molecule has 0 bridgehead atoms. The maximum absolute atomic E-state index is 14.4. The van der Waals surface area contributed by atoms with Gasteiger partial charge in [-0.25, -0.2) is 23.3 Å². The van der Waals surface area contributed by atoms with E-state index in [1.54, 1.807) is 45.0 Å². The second kappa shape index (κ2) is 13.8. The van der Waals surface area contributed by atoms with E-state index in [0.717, 1.165) is 11.0 Å². The van der Waals surface area contributed by atoms with Crippen LogP contribution in [-0.2, 0) is 27.1 Å². The van der Waals surface area contributed by atoms with Gasteiger partial charge in [0.15, 0.2) is 0 Å². The van der Waals surface area contributed by atoms with Crippen molar-refractivity contribution in [2.75, 3.05) is 23.3 Å². The molecule has 0 spiro atoms. The first-order valence-electron chi connectivity index (χ1n) is 15.8. The summed E-state index contributed by atoms with van der Waals surface area (Å²) >= 11 is 0. The molecule has 0 aromatic heterocycles. The number of anilines is 3. The van der Waals surface area contributed by atoms with Gasteiger partial charge < -0.3 is 24.5 Å². The molecule has 0 atom stereocenters. The second-order valence-corrected chi connectivity index (χ2v) is 13.5. The number of imide groups is 1. The molecule has 15 heteroatoms. The molecule has 2 fully saturated rings. The number of halogens is 5. The Balaban J connectivity index is 1.25. The molecule has 2 saturated heterocycles. The molecular formula is C35H37F5N4O6. The summed E-state index contributed by atoms with van der Waals surface area (Å²) in [6.45, 7) is 8.85. The van der Waals surface area contributed by atoms with Crippen LogP contribution in [0.25, 0.3) is 0 Å². The summed E-state index contributed by atoms with van der Waals surface area (Å²) < 4.78 is 79.8. The van der Waals surface area contributed by atoms with Gasteiger partial charge >= 0.3 is 18.4 Å². The largest absolute Gasteiger partial charge is 0.528 e. The van der Waals surface area contributed by atoms with Crippen LogP contribution in [0.15, 0.2) is 60.7 Å². The highest BCUT2D eigenvalue weighted by atomic mass is 19.4. The molecule has 1 N–H and O–H groups in total. The Morgan fingerprint density at radius 2 is 1.60 bits per heavy atom. The minimum Gasteiger partial charge on any atom is -0.490 e. The molecular weight excluding hydrogens is 667 g/mol. The summed E-state index contributed by atoms with van der Waals surface area (Å²) in [5.41, 5.74) is -2.95. The fraction of sp³-hybridized carbons (Fsp3) is 0.400. The Bertz CT molecular complexity index is 1750. The molecule has 10 nitrogen and oxygen atoms in total. The van der Waals surface area contributed by atoms with Crippen LogP contribution in [-0.4, -0.2) is 58.4 Å². The van der Waals surface area contributed by atoms with Crippen molar-refractivity contribution in [2.45, 2.75) is 77.4 Å². The monoisotopic (exact) mass is 704 g/mol. The lowest BCUT2D eigenvalue weighted by molar-refractivity contribution is -0.158. The summed E-state index contributed by atoms with van der Waals surface area (Å²) in [5, 5.41) is 4.66. The van der Waals surface area contributed by atoms with E-state index in [0.29, 0.717) is 60.0 Å². The van der Waals surface area contributed by atoms with Crippen LogP contribution >= 0.6 is 0 Å². The van der Waals surface area contributed by atoms with Crippen LogP contribution in [0.3, 0.4) is 0 Å². The normalized spacial score (nSPS) is 17.2. The number of hydrogen-bond donors (Lipinski definition) is 1. The summed E-state index contributed by atoms with van der Waals surface area (Å²) in [5.74, 6) is -2.34. The summed E-state index contributed by atoms with van der Waals surface area (Å²) in [6.07, 6.45) is -4.73. The number of benzene rings is 3. The van der Waals surface area contributed by atoms with Crippen LogP contribution in [0.2, 0.25) is 0 Å². The zero-order chi connectivity index (χ0) is 36.6. The number of hydrogen-bond acceptors (Lipinski definition) is 8. The van der Waals surface area contributed by atoms with E-state index in [4.69, 9.17) is 14.3 Å². The van der Waals surface area contributed by atoms with E-state index in [1.807, 2.05) is 0 Å². The van der Waals surface area contributed by atoms with Crippen molar-refractivity contribution in [1.82, 2.24) is 9.96 Å². The van der Waals surface area contributed by atoms with E-state index < -0.39 is 58.3 Å². The van der Waals surface area contributed by atoms with E-state index in [9.17, 15) is 36.3 Å². The standard InChI is InChI=1S/C35H37F5N4O6/c1-33(2,3)49-32(47)50-42-16-14-26(15-17-42)48-25-11-8-23(9-12-25)41-29-18-22(36)7-6-21(29)20-43-31(46)44(30(45)34(43,4)5)24-10-13-28(37)27(19-24)35(38,39)40/h6-13,18-19,26,41H,14-17,20H2,1-5H3. The molecule has 2 aliphatic rings. The number of alkyl halides is 3. The fourth-order valence-corrected chi connectivity index (χ4v) is 5.55. The zero-order valence-electron chi connectivity index (χ0n) is 28.1. The minimum absolute atomic E-state index is 0.124. The first-order valence-corrected chi connectivity index (χ1v) is 15.8. The molecule has 2 heterocycles. The molecule has 5 rings (SSSR count). The average Bonchev–Trinajstić information content (AvgIpc) is 3.18. The number of hydroxylamine groups is 2. The first kappa shape index (κ1) is 36.4. The van der Waals surface area contributed by atoms with Crippen LogP contribution in [0.1, 0.15) is 58.6 Å². The van der Waals surface area contributed by atoms with Gasteiger partial charge in [-0.2, -0.15) is 13.2 Å². The van der Waals surface area contributed by atoms with Crippen molar-refractivity contribution < 1.29 is 50.6 Å². The number of rotatable bonds is 8. The number of carbonyl (C=O) groups excluding carboxylic acids is 3. The maximum atomic E-state index is 14.4. The molecule has 2 aliphatic heterocycles. The highest BCUT2D eigenvalue weighted by Gasteiger charge is 2.52. The number of carbonyl (C=O) groups is 3. The molecule has 0 unspecified atom stereocenters. The molecule has 3 amide bonds. The highest BCUT2D eigenvalue weighted by Crippen LogP contribution is 2.39. The van der Waals surface area contributed by atoms with Crippen molar-refractivity contribution in [1.29, 1.82) is 0 Å². The SMILES string of the molecule is CC(C)(C)OC(=O)ON1CCC(Oc2ccc(Nc3cc(F)ccc3CN3C(=O)N(c4ccc(F)c(C(F)(F)F)c4)C(=O)C3(C)C)cc2)CC1. The third-order valence-electron chi connectivity index (χ3n) is 8.17. The third kappa shape index (κ3) is 8.26. The van der Waals surface area contributed by atoms with Crippen LogP contribution in [0.5, 0.6) is 5.75 Å². The molecule has 0 saturated carbocycles. The zero-order valence-corrected chi connectivity index (χ0v) is 28.1. The Kier molecular flexibility index (Phi) is 10.0. The van der Waals surface area contributed by atoms with Crippen LogP contribution in [0.4, 0.5) is 48.6 Å². The van der Waals surface area contributed by atoms with Gasteiger partial charge in [0.25, 0.3) is 5.91 Å². The smallest absolute Gasteiger partial charge is 0.490 e. The lowest BCUT2D eigenvalue weighted by atomic mass is 10.0. The second-order valence-electron chi connectivity index (χ2n) is 13.5. The molecule has 50 heavy (non-hydrogen) atoms. The Labute approximate surface area is 285 Å². The van der Waals surface area contributed by atoms with Gasteiger partial charge in [-0.3, -0.25) is 4.79 Å². The van der Waals surface area contributed by atoms with Crippen molar-refractivity contribution in [3.63, 3.8) is 0 Å². The Morgan fingerprint density at radius 3 is 2.22 bits per heavy atom. The van der Waals surface area contributed by atoms with Crippen LogP contribution in [0, 0.1) is 11.6 Å². The molecule has 0 radical (unpaired) electrons. The minimum atomic E-state index is -5.04. The van der Waals surface area contributed by atoms with E-state index >= 15 is 0 Å². The van der Waals surface area contributed by atoms with E-state index in [-0.39, 0.29) is 18.3 Å². The Morgan fingerprint density at radius 1 is 0.940 bits per heavy atom. The first-order chi connectivity index (χ1) is 23.3. The predicted octanol–water partition coefficient (Wildman–Crippen LogP) is 8.18. The summed E-state index contributed by atoms with van der Waals surface area (Å²) in [6, 6.07) is 11.7. The lowest BCUT2D eigenvalue weighted by Crippen LogP contribution is -2.43. The topological polar surface area (TPSA) is 101 Å². The summed E-state index contributed by atoms with van der Waals surface area (Å²) in [4.78, 5) is 45.9. The van der Waals surface area contributed by atoms with Gasteiger partial charge in [-0.15, -0.1) is 5.06 Å². The van der Waals surface area contributed by atoms with Crippen molar-refractivity contribution in [3.05, 3.63) is 83.4 Å².